The van der Waals surface area contributed by atoms with Crippen molar-refractivity contribution in [2.75, 3.05) is 5.75 Å². The Kier molecular flexibility index (Phi) is 6.65. The van der Waals surface area contributed by atoms with Crippen LogP contribution in [0.2, 0.25) is 0 Å². The molecular formula is C21H23N3O2S. The molecule has 0 radical (unpaired) electrons. The van der Waals surface area contributed by atoms with Gasteiger partial charge in [0, 0.05) is 12.1 Å². The average molecular weight is 382 g/mol. The fourth-order valence-electron chi connectivity index (χ4n) is 2.66. The summed E-state index contributed by atoms with van der Waals surface area (Å²) in [7, 11) is 0. The van der Waals surface area contributed by atoms with Crippen molar-refractivity contribution < 1.29 is 9.53 Å². The van der Waals surface area contributed by atoms with E-state index in [1.807, 2.05) is 54.0 Å². The summed E-state index contributed by atoms with van der Waals surface area (Å²) in [5, 5.41) is 9.22. The number of aromatic nitrogens is 3. The molecule has 2 aromatic carbocycles. The third-order valence-electron chi connectivity index (χ3n) is 4.24. The summed E-state index contributed by atoms with van der Waals surface area (Å²) in [4.78, 5) is 12.3. The number of Topliss-reactive ketones (excluding diaryl/α,β-unsaturated/α-hetero) is 1. The smallest absolute Gasteiger partial charge is 0.191 e. The Morgan fingerprint density at radius 3 is 2.44 bits per heavy atom. The van der Waals surface area contributed by atoms with Crippen LogP contribution in [0.25, 0.3) is 0 Å². The fraction of sp³-hybridized carbons (Fsp3) is 0.286. The highest BCUT2D eigenvalue weighted by molar-refractivity contribution is 7.99. The second kappa shape index (κ2) is 9.37. The highest BCUT2D eigenvalue weighted by Gasteiger charge is 2.14. The van der Waals surface area contributed by atoms with Crippen molar-refractivity contribution in [3.8, 4) is 5.75 Å². The molecule has 1 aromatic heterocycles. The first-order valence-electron chi connectivity index (χ1n) is 9.06. The van der Waals surface area contributed by atoms with Crippen molar-refractivity contribution in [1.82, 2.24) is 14.8 Å². The molecule has 140 valence electrons. The van der Waals surface area contributed by atoms with Gasteiger partial charge in [0.2, 0.25) is 0 Å². The van der Waals surface area contributed by atoms with Crippen LogP contribution in [0.3, 0.4) is 0 Å². The number of thioether (sulfide) groups is 1. The Bertz CT molecular complexity index is 876. The van der Waals surface area contributed by atoms with Gasteiger partial charge in [-0.25, -0.2) is 0 Å². The van der Waals surface area contributed by atoms with Gasteiger partial charge >= 0.3 is 0 Å². The van der Waals surface area contributed by atoms with E-state index in [0.29, 0.717) is 17.9 Å². The monoisotopic (exact) mass is 381 g/mol. The average Bonchev–Trinajstić information content (AvgIpc) is 3.13. The number of carbonyl (C=O) groups is 1. The molecule has 0 bridgehead atoms. The Balaban J connectivity index is 1.61. The summed E-state index contributed by atoms with van der Waals surface area (Å²) in [6.07, 6.45) is 1.01. The first-order valence-corrected chi connectivity index (χ1v) is 10.0. The molecule has 0 saturated carbocycles. The summed E-state index contributed by atoms with van der Waals surface area (Å²) in [5.41, 5.74) is 1.99. The number of hydrogen-bond acceptors (Lipinski definition) is 5. The SMILES string of the molecule is CCc1ccc(OCc2nnc(SCC(=O)c3ccccc3)n2CC)cc1. The highest BCUT2D eigenvalue weighted by Crippen LogP contribution is 2.20. The van der Waals surface area contributed by atoms with E-state index in [1.165, 1.54) is 17.3 Å². The molecule has 0 amide bonds. The van der Waals surface area contributed by atoms with E-state index in [-0.39, 0.29) is 5.78 Å². The van der Waals surface area contributed by atoms with Crippen molar-refractivity contribution in [2.24, 2.45) is 0 Å². The molecule has 0 aliphatic carbocycles. The van der Waals surface area contributed by atoms with E-state index in [9.17, 15) is 4.79 Å². The topological polar surface area (TPSA) is 57.0 Å². The summed E-state index contributed by atoms with van der Waals surface area (Å²) in [5.74, 6) is 1.99. The van der Waals surface area contributed by atoms with Gasteiger partial charge in [0.15, 0.2) is 16.8 Å². The van der Waals surface area contributed by atoms with Gasteiger partial charge in [0.1, 0.15) is 12.4 Å². The van der Waals surface area contributed by atoms with Gasteiger partial charge in [-0.2, -0.15) is 0 Å². The standard InChI is InChI=1S/C21H23N3O2S/c1-3-16-10-12-18(13-11-16)26-14-20-22-23-21(24(20)4-2)27-15-19(25)17-8-6-5-7-9-17/h5-13H,3-4,14-15H2,1-2H3. The van der Waals surface area contributed by atoms with Crippen molar-refractivity contribution in [3.63, 3.8) is 0 Å². The largest absolute Gasteiger partial charge is 0.486 e. The first kappa shape index (κ1) is 19.2. The molecule has 3 aromatic rings. The Morgan fingerprint density at radius 1 is 1.04 bits per heavy atom. The second-order valence-corrected chi connectivity index (χ2v) is 6.95. The predicted octanol–water partition coefficient (Wildman–Crippen LogP) is 4.41. The first-order chi connectivity index (χ1) is 13.2. The van der Waals surface area contributed by atoms with Gasteiger partial charge in [-0.05, 0) is 31.0 Å². The summed E-state index contributed by atoms with van der Waals surface area (Å²) >= 11 is 1.41. The molecule has 0 unspecified atom stereocenters. The molecule has 0 fully saturated rings. The van der Waals surface area contributed by atoms with Crippen molar-refractivity contribution >= 4 is 17.5 Å². The molecule has 6 heteroatoms. The van der Waals surface area contributed by atoms with Gasteiger partial charge < -0.3 is 9.30 Å². The molecule has 0 aliphatic heterocycles. The fourth-order valence-corrected chi connectivity index (χ4v) is 3.57. The van der Waals surface area contributed by atoms with Crippen molar-refractivity contribution in [2.45, 2.75) is 38.6 Å². The summed E-state index contributed by atoms with van der Waals surface area (Å²) in [6, 6.07) is 17.4. The molecule has 0 spiro atoms. The van der Waals surface area contributed by atoms with Crippen LogP contribution in [0.1, 0.15) is 35.6 Å². The number of nitrogens with zero attached hydrogens (tertiary/aromatic N) is 3. The van der Waals surface area contributed by atoms with E-state index in [4.69, 9.17) is 4.74 Å². The van der Waals surface area contributed by atoms with Gasteiger partial charge in [0.05, 0.1) is 5.75 Å². The zero-order valence-electron chi connectivity index (χ0n) is 15.6. The summed E-state index contributed by atoms with van der Waals surface area (Å²) in [6.45, 7) is 5.23. The van der Waals surface area contributed by atoms with Gasteiger partial charge in [-0.3, -0.25) is 4.79 Å². The number of carbonyl (C=O) groups excluding carboxylic acids is 1. The van der Waals surface area contributed by atoms with Crippen LogP contribution < -0.4 is 4.74 Å². The van der Waals surface area contributed by atoms with Gasteiger partial charge in [0.25, 0.3) is 0 Å². The maximum absolute atomic E-state index is 12.3. The van der Waals surface area contributed by atoms with Crippen molar-refractivity contribution in [1.29, 1.82) is 0 Å². The van der Waals surface area contributed by atoms with Crippen LogP contribution in [-0.2, 0) is 19.6 Å². The third-order valence-corrected chi connectivity index (χ3v) is 5.20. The number of aryl methyl sites for hydroxylation is 1. The van der Waals surface area contributed by atoms with E-state index in [2.05, 4.69) is 29.3 Å². The number of ketones is 1. The number of ether oxygens (including phenoxy) is 1. The zero-order valence-corrected chi connectivity index (χ0v) is 16.4. The third kappa shape index (κ3) is 4.98. The Labute approximate surface area is 163 Å². The van der Waals surface area contributed by atoms with Crippen LogP contribution in [0.15, 0.2) is 59.8 Å². The Morgan fingerprint density at radius 2 is 1.78 bits per heavy atom. The zero-order chi connectivity index (χ0) is 19.1. The lowest BCUT2D eigenvalue weighted by molar-refractivity contribution is 0.102. The molecule has 0 saturated heterocycles. The lowest BCUT2D eigenvalue weighted by Gasteiger charge is -2.09. The number of benzene rings is 2. The van der Waals surface area contributed by atoms with E-state index in [0.717, 1.165) is 29.7 Å². The lowest BCUT2D eigenvalue weighted by atomic mass is 10.2. The molecule has 0 N–H and O–H groups in total. The second-order valence-electron chi connectivity index (χ2n) is 6.01. The molecule has 0 atom stereocenters. The van der Waals surface area contributed by atoms with E-state index < -0.39 is 0 Å². The molecule has 3 rings (SSSR count). The van der Waals surface area contributed by atoms with Gasteiger partial charge in [-0.15, -0.1) is 10.2 Å². The minimum atomic E-state index is 0.0834. The quantitative estimate of drug-likeness (QED) is 0.406. The minimum absolute atomic E-state index is 0.0834. The lowest BCUT2D eigenvalue weighted by Crippen LogP contribution is -2.08. The van der Waals surface area contributed by atoms with Crippen LogP contribution >= 0.6 is 11.8 Å². The summed E-state index contributed by atoms with van der Waals surface area (Å²) < 4.78 is 7.83. The van der Waals surface area contributed by atoms with E-state index >= 15 is 0 Å². The maximum Gasteiger partial charge on any atom is 0.191 e. The van der Waals surface area contributed by atoms with Crippen LogP contribution in [0.4, 0.5) is 0 Å². The van der Waals surface area contributed by atoms with Crippen molar-refractivity contribution in [3.05, 3.63) is 71.5 Å². The van der Waals surface area contributed by atoms with Crippen LogP contribution in [0.5, 0.6) is 5.75 Å². The molecule has 5 nitrogen and oxygen atoms in total. The Hall–Kier alpha value is -2.60. The maximum atomic E-state index is 12.3. The predicted molar refractivity (Wildman–Crippen MR) is 107 cm³/mol. The molecule has 1 heterocycles. The van der Waals surface area contributed by atoms with Gasteiger partial charge in [-0.1, -0.05) is 61.2 Å². The highest BCUT2D eigenvalue weighted by atomic mass is 32.2. The molecular weight excluding hydrogens is 358 g/mol. The van der Waals surface area contributed by atoms with E-state index in [1.54, 1.807) is 0 Å². The van der Waals surface area contributed by atoms with Crippen LogP contribution in [0, 0.1) is 0 Å². The normalized spacial score (nSPS) is 10.7. The van der Waals surface area contributed by atoms with Crippen LogP contribution in [-0.4, -0.2) is 26.3 Å². The number of rotatable bonds is 9. The molecule has 0 aliphatic rings. The molecule has 27 heavy (non-hydrogen) atoms. The minimum Gasteiger partial charge on any atom is -0.486 e. The number of hydrogen-bond donors (Lipinski definition) is 0.